The lowest BCUT2D eigenvalue weighted by Crippen LogP contribution is -2.37. The van der Waals surface area contributed by atoms with Crippen LogP contribution < -0.4 is 9.80 Å². The smallest absolute Gasteiger partial charge is 0.227 e. The first-order valence-corrected chi connectivity index (χ1v) is 8.49. The summed E-state index contributed by atoms with van der Waals surface area (Å²) in [7, 11) is 4.12. The van der Waals surface area contributed by atoms with Gasteiger partial charge in [0.1, 0.15) is 11.6 Å². The second-order valence-corrected chi connectivity index (χ2v) is 6.25. The van der Waals surface area contributed by atoms with E-state index in [0.717, 1.165) is 69.0 Å². The Hall–Kier alpha value is -2.15. The van der Waals surface area contributed by atoms with E-state index < -0.39 is 0 Å². The van der Waals surface area contributed by atoms with Gasteiger partial charge in [0, 0.05) is 64.3 Å². The van der Waals surface area contributed by atoms with E-state index in [4.69, 9.17) is 9.72 Å². The van der Waals surface area contributed by atoms with Crippen LogP contribution in [0.2, 0.25) is 0 Å². The molecule has 3 rings (SSSR count). The van der Waals surface area contributed by atoms with Gasteiger partial charge >= 0.3 is 0 Å². The maximum absolute atomic E-state index is 5.41. The van der Waals surface area contributed by atoms with Crippen molar-refractivity contribution in [2.24, 2.45) is 7.05 Å². The number of ether oxygens (including phenoxy) is 1. The Balaban J connectivity index is 1.62. The van der Waals surface area contributed by atoms with Crippen LogP contribution in [0.15, 0.2) is 18.5 Å². The van der Waals surface area contributed by atoms with Crippen molar-refractivity contribution in [3.05, 3.63) is 30.0 Å². The summed E-state index contributed by atoms with van der Waals surface area (Å²) in [4.78, 5) is 18.1. The highest BCUT2D eigenvalue weighted by Gasteiger charge is 2.16. The van der Waals surface area contributed by atoms with Crippen molar-refractivity contribution in [2.45, 2.75) is 19.8 Å². The fourth-order valence-electron chi connectivity index (χ4n) is 2.86. The lowest BCUT2D eigenvalue weighted by molar-refractivity contribution is 0.122. The van der Waals surface area contributed by atoms with E-state index in [-0.39, 0.29) is 0 Å². The Bertz CT molecular complexity index is 665. The minimum absolute atomic E-state index is 0.742. The van der Waals surface area contributed by atoms with Crippen LogP contribution in [0.5, 0.6) is 0 Å². The SMILES string of the molecule is Cc1cc(N(C)CCCc2nccn2C)nc(N2CCOCC2)n1. The van der Waals surface area contributed by atoms with E-state index in [9.17, 15) is 0 Å². The molecule has 24 heavy (non-hydrogen) atoms. The summed E-state index contributed by atoms with van der Waals surface area (Å²) >= 11 is 0. The zero-order valence-electron chi connectivity index (χ0n) is 14.8. The molecule has 7 nitrogen and oxygen atoms in total. The monoisotopic (exact) mass is 330 g/mol. The number of nitrogens with zero attached hydrogens (tertiary/aromatic N) is 6. The largest absolute Gasteiger partial charge is 0.378 e. The van der Waals surface area contributed by atoms with Gasteiger partial charge in [0.15, 0.2) is 0 Å². The average Bonchev–Trinajstić information content (AvgIpc) is 3.00. The van der Waals surface area contributed by atoms with E-state index in [1.807, 2.05) is 32.4 Å². The van der Waals surface area contributed by atoms with Crippen molar-refractivity contribution in [1.29, 1.82) is 0 Å². The van der Waals surface area contributed by atoms with Gasteiger partial charge in [0.2, 0.25) is 5.95 Å². The van der Waals surface area contributed by atoms with Crippen LogP contribution in [0.1, 0.15) is 17.9 Å². The van der Waals surface area contributed by atoms with Crippen LogP contribution >= 0.6 is 0 Å². The van der Waals surface area contributed by atoms with Crippen molar-refractivity contribution in [2.75, 3.05) is 49.7 Å². The summed E-state index contributed by atoms with van der Waals surface area (Å²) in [5, 5.41) is 0. The molecule has 0 unspecified atom stereocenters. The average molecular weight is 330 g/mol. The topological polar surface area (TPSA) is 59.3 Å². The standard InChI is InChI=1S/C17H26N6O/c1-14-13-16(20-17(19-14)23-9-11-24-12-10-23)21(2)7-4-5-15-18-6-8-22(15)3/h6,8,13H,4-5,7,9-12H2,1-3H3. The number of hydrogen-bond donors (Lipinski definition) is 0. The van der Waals surface area contributed by atoms with E-state index in [2.05, 4.69) is 31.4 Å². The van der Waals surface area contributed by atoms with Gasteiger partial charge in [-0.2, -0.15) is 4.98 Å². The fourth-order valence-corrected chi connectivity index (χ4v) is 2.86. The third-order valence-electron chi connectivity index (χ3n) is 4.33. The molecule has 0 saturated carbocycles. The van der Waals surface area contributed by atoms with Gasteiger partial charge in [-0.25, -0.2) is 9.97 Å². The van der Waals surface area contributed by atoms with Crippen LogP contribution in [-0.2, 0) is 18.2 Å². The summed E-state index contributed by atoms with van der Waals surface area (Å²) in [6, 6.07) is 2.05. The Kier molecular flexibility index (Phi) is 5.30. The zero-order chi connectivity index (χ0) is 16.9. The van der Waals surface area contributed by atoms with Crippen molar-refractivity contribution in [3.63, 3.8) is 0 Å². The number of imidazole rings is 1. The molecule has 3 heterocycles. The van der Waals surface area contributed by atoms with Gasteiger partial charge < -0.3 is 19.1 Å². The number of aromatic nitrogens is 4. The third-order valence-corrected chi connectivity index (χ3v) is 4.33. The van der Waals surface area contributed by atoms with Crippen LogP contribution in [0.25, 0.3) is 0 Å². The molecule has 1 saturated heterocycles. The Labute approximate surface area is 143 Å². The molecule has 1 aliphatic heterocycles. The molecule has 0 amide bonds. The van der Waals surface area contributed by atoms with Gasteiger partial charge in [-0.1, -0.05) is 0 Å². The van der Waals surface area contributed by atoms with Crippen molar-refractivity contribution in [3.8, 4) is 0 Å². The third kappa shape index (κ3) is 4.03. The summed E-state index contributed by atoms with van der Waals surface area (Å²) in [6.45, 7) is 6.15. The highest BCUT2D eigenvalue weighted by atomic mass is 16.5. The molecule has 1 aliphatic rings. The van der Waals surface area contributed by atoms with Crippen LogP contribution in [0, 0.1) is 6.92 Å². The molecule has 0 bridgehead atoms. The minimum Gasteiger partial charge on any atom is -0.378 e. The summed E-state index contributed by atoms with van der Waals surface area (Å²) in [5.41, 5.74) is 0.998. The minimum atomic E-state index is 0.742. The zero-order valence-corrected chi connectivity index (χ0v) is 14.8. The summed E-state index contributed by atoms with van der Waals surface area (Å²) < 4.78 is 7.49. The number of hydrogen-bond acceptors (Lipinski definition) is 6. The van der Waals surface area contributed by atoms with E-state index in [1.165, 1.54) is 0 Å². The van der Waals surface area contributed by atoms with Crippen molar-refractivity contribution >= 4 is 11.8 Å². The van der Waals surface area contributed by atoms with Gasteiger partial charge in [-0.05, 0) is 13.3 Å². The number of morpholine rings is 1. The van der Waals surface area contributed by atoms with E-state index in [1.54, 1.807) is 0 Å². The van der Waals surface area contributed by atoms with Crippen molar-refractivity contribution < 1.29 is 4.74 Å². The van der Waals surface area contributed by atoms with E-state index >= 15 is 0 Å². The lowest BCUT2D eigenvalue weighted by atomic mass is 10.2. The van der Waals surface area contributed by atoms with Gasteiger partial charge in [0.05, 0.1) is 13.2 Å². The summed E-state index contributed by atoms with van der Waals surface area (Å²) in [6.07, 6.45) is 5.84. The molecule has 7 heteroatoms. The van der Waals surface area contributed by atoms with Gasteiger partial charge in [0.25, 0.3) is 0 Å². The quantitative estimate of drug-likeness (QED) is 0.798. The Morgan fingerprint density at radius 1 is 1.25 bits per heavy atom. The molecule has 0 atom stereocenters. The highest BCUT2D eigenvalue weighted by Crippen LogP contribution is 2.18. The molecular weight excluding hydrogens is 304 g/mol. The molecule has 130 valence electrons. The molecule has 1 fully saturated rings. The molecule has 2 aromatic heterocycles. The first-order valence-electron chi connectivity index (χ1n) is 8.49. The van der Waals surface area contributed by atoms with Gasteiger partial charge in [-0.15, -0.1) is 0 Å². The number of rotatable bonds is 6. The molecule has 0 spiro atoms. The molecule has 0 aromatic carbocycles. The fraction of sp³-hybridized carbons (Fsp3) is 0.588. The first kappa shape index (κ1) is 16.7. The normalized spacial score (nSPS) is 14.9. The van der Waals surface area contributed by atoms with E-state index in [0.29, 0.717) is 0 Å². The first-order chi connectivity index (χ1) is 11.6. The predicted molar refractivity (Wildman–Crippen MR) is 94.6 cm³/mol. The number of anilines is 2. The van der Waals surface area contributed by atoms with Crippen LogP contribution in [0.4, 0.5) is 11.8 Å². The van der Waals surface area contributed by atoms with Crippen molar-refractivity contribution in [1.82, 2.24) is 19.5 Å². The second kappa shape index (κ2) is 7.61. The molecule has 2 aromatic rings. The summed E-state index contributed by atoms with van der Waals surface area (Å²) in [5.74, 6) is 2.91. The Morgan fingerprint density at radius 3 is 2.75 bits per heavy atom. The molecule has 0 aliphatic carbocycles. The van der Waals surface area contributed by atoms with Crippen LogP contribution in [-0.4, -0.2) is 59.4 Å². The Morgan fingerprint density at radius 2 is 2.04 bits per heavy atom. The lowest BCUT2D eigenvalue weighted by Gasteiger charge is -2.28. The van der Waals surface area contributed by atoms with Crippen LogP contribution in [0.3, 0.4) is 0 Å². The molecule has 0 radical (unpaired) electrons. The maximum Gasteiger partial charge on any atom is 0.227 e. The highest BCUT2D eigenvalue weighted by molar-refractivity contribution is 5.45. The predicted octanol–water partition coefficient (Wildman–Crippen LogP) is 1.42. The second-order valence-electron chi connectivity index (χ2n) is 6.25. The maximum atomic E-state index is 5.41. The number of aryl methyl sites for hydroxylation is 3. The van der Waals surface area contributed by atoms with Gasteiger partial charge in [-0.3, -0.25) is 0 Å². The molecule has 0 N–H and O–H groups in total. The molecular formula is C17H26N6O.